The molecule has 2 aromatic carbocycles. The minimum Gasteiger partial charge on any atom is -0.376 e. The monoisotopic (exact) mass is 370 g/mol. The molecule has 0 aliphatic heterocycles. The van der Waals surface area contributed by atoms with Crippen LogP contribution in [0.5, 0.6) is 0 Å². The van der Waals surface area contributed by atoms with Gasteiger partial charge in [0.05, 0.1) is 13.2 Å². The van der Waals surface area contributed by atoms with Crippen LogP contribution < -0.4 is 0 Å². The third-order valence-corrected chi connectivity index (χ3v) is 5.82. The zero-order valence-corrected chi connectivity index (χ0v) is 17.4. The van der Waals surface area contributed by atoms with Crippen molar-refractivity contribution in [2.24, 2.45) is 5.92 Å². The molecule has 0 unspecified atom stereocenters. The first-order valence-corrected chi connectivity index (χ1v) is 9.99. The number of rotatable bonds is 7. The van der Waals surface area contributed by atoms with Crippen LogP contribution in [0.15, 0.2) is 95.1 Å². The maximum absolute atomic E-state index is 6.01. The zero-order valence-electron chi connectivity index (χ0n) is 17.4. The van der Waals surface area contributed by atoms with Gasteiger partial charge in [0, 0.05) is 5.92 Å². The smallest absolute Gasteiger partial charge is 0.0651 e. The number of ether oxygens (including phenoxy) is 1. The van der Waals surface area contributed by atoms with Gasteiger partial charge in [0.2, 0.25) is 0 Å². The molecule has 0 spiro atoms. The highest BCUT2D eigenvalue weighted by molar-refractivity contribution is 5.87. The minimum atomic E-state index is 0.432. The first-order valence-electron chi connectivity index (χ1n) is 9.99. The number of hydrogen-bond donors (Lipinski definition) is 0. The Labute approximate surface area is 169 Å². The molecular weight excluding hydrogens is 340 g/mol. The fraction of sp³-hybridized carbons (Fsp3) is 0.259. The minimum absolute atomic E-state index is 0.432. The van der Waals surface area contributed by atoms with Crippen LogP contribution >= 0.6 is 0 Å². The van der Waals surface area contributed by atoms with E-state index < -0.39 is 0 Å². The average molecular weight is 371 g/mol. The molecular formula is C27H30O. The Bertz CT molecular complexity index is 887. The first-order chi connectivity index (χ1) is 13.6. The summed E-state index contributed by atoms with van der Waals surface area (Å²) in [4.78, 5) is 0. The SMILES string of the molecule is CC1=C(C)C(COC/C=C/C(=C/c2ccccc2)c2ccccc2)C(C)=C1C. The number of allylic oxidation sites excluding steroid dienone is 4. The van der Waals surface area contributed by atoms with Gasteiger partial charge in [0.25, 0.3) is 0 Å². The van der Waals surface area contributed by atoms with Gasteiger partial charge in [-0.05, 0) is 61.6 Å². The Morgan fingerprint density at radius 3 is 2.00 bits per heavy atom. The fourth-order valence-electron chi connectivity index (χ4n) is 3.71. The van der Waals surface area contributed by atoms with Gasteiger partial charge in [-0.1, -0.05) is 84.0 Å². The predicted molar refractivity (Wildman–Crippen MR) is 121 cm³/mol. The maximum atomic E-state index is 6.01. The van der Waals surface area contributed by atoms with E-state index in [-0.39, 0.29) is 0 Å². The van der Waals surface area contributed by atoms with E-state index >= 15 is 0 Å². The third kappa shape index (κ3) is 4.79. The lowest BCUT2D eigenvalue weighted by atomic mass is 9.98. The molecule has 1 nitrogen and oxygen atoms in total. The Morgan fingerprint density at radius 2 is 1.39 bits per heavy atom. The van der Waals surface area contributed by atoms with Gasteiger partial charge in [-0.25, -0.2) is 0 Å². The topological polar surface area (TPSA) is 9.23 Å². The lowest BCUT2D eigenvalue weighted by Crippen LogP contribution is -2.10. The number of benzene rings is 2. The van der Waals surface area contributed by atoms with E-state index in [1.54, 1.807) is 0 Å². The molecule has 1 heteroatoms. The Balaban J connectivity index is 1.66. The Morgan fingerprint density at radius 1 is 0.821 bits per heavy atom. The molecule has 0 heterocycles. The second-order valence-electron chi connectivity index (χ2n) is 7.48. The molecule has 0 saturated carbocycles. The highest BCUT2D eigenvalue weighted by atomic mass is 16.5. The van der Waals surface area contributed by atoms with Crippen LogP contribution in [0.1, 0.15) is 38.8 Å². The highest BCUT2D eigenvalue weighted by Crippen LogP contribution is 2.36. The predicted octanol–water partition coefficient (Wildman–Crippen LogP) is 7.10. The summed E-state index contributed by atoms with van der Waals surface area (Å²) >= 11 is 0. The first kappa shape index (κ1) is 20.1. The normalized spacial score (nSPS) is 15.9. The van der Waals surface area contributed by atoms with Gasteiger partial charge in [-0.15, -0.1) is 0 Å². The van der Waals surface area contributed by atoms with Crippen molar-refractivity contribution in [2.45, 2.75) is 27.7 Å². The summed E-state index contributed by atoms with van der Waals surface area (Å²) < 4.78 is 6.01. The molecule has 0 aromatic heterocycles. The van der Waals surface area contributed by atoms with Crippen molar-refractivity contribution in [3.8, 4) is 0 Å². The van der Waals surface area contributed by atoms with Crippen molar-refractivity contribution in [3.05, 3.63) is 106 Å². The molecule has 2 aromatic rings. The second-order valence-corrected chi connectivity index (χ2v) is 7.48. The molecule has 0 atom stereocenters. The van der Waals surface area contributed by atoms with E-state index in [4.69, 9.17) is 4.74 Å². The van der Waals surface area contributed by atoms with Crippen molar-refractivity contribution in [1.29, 1.82) is 0 Å². The van der Waals surface area contributed by atoms with E-state index in [1.165, 1.54) is 39.0 Å². The van der Waals surface area contributed by atoms with Crippen molar-refractivity contribution < 1.29 is 4.74 Å². The zero-order chi connectivity index (χ0) is 19.9. The summed E-state index contributed by atoms with van der Waals surface area (Å²) in [5.74, 6) is 0.432. The molecule has 28 heavy (non-hydrogen) atoms. The molecule has 3 rings (SSSR count). The summed E-state index contributed by atoms with van der Waals surface area (Å²) in [5, 5.41) is 0. The van der Waals surface area contributed by atoms with E-state index in [0.29, 0.717) is 12.5 Å². The van der Waals surface area contributed by atoms with E-state index in [0.717, 1.165) is 6.61 Å². The van der Waals surface area contributed by atoms with Gasteiger partial charge >= 0.3 is 0 Å². The van der Waals surface area contributed by atoms with Gasteiger partial charge in [-0.3, -0.25) is 0 Å². The van der Waals surface area contributed by atoms with Crippen molar-refractivity contribution in [1.82, 2.24) is 0 Å². The highest BCUT2D eigenvalue weighted by Gasteiger charge is 2.23. The molecule has 0 radical (unpaired) electrons. The molecule has 144 valence electrons. The van der Waals surface area contributed by atoms with E-state index in [9.17, 15) is 0 Å². The lowest BCUT2D eigenvalue weighted by molar-refractivity contribution is 0.144. The Hall–Kier alpha value is -2.64. The van der Waals surface area contributed by atoms with Gasteiger partial charge < -0.3 is 4.74 Å². The second kappa shape index (κ2) is 9.52. The largest absolute Gasteiger partial charge is 0.376 e. The van der Waals surface area contributed by atoms with Crippen LogP contribution in [0.4, 0.5) is 0 Å². The van der Waals surface area contributed by atoms with Crippen LogP contribution in [0.3, 0.4) is 0 Å². The van der Waals surface area contributed by atoms with Crippen molar-refractivity contribution in [2.75, 3.05) is 13.2 Å². The van der Waals surface area contributed by atoms with Crippen LogP contribution in [-0.4, -0.2) is 13.2 Å². The van der Waals surface area contributed by atoms with Gasteiger partial charge in [-0.2, -0.15) is 0 Å². The van der Waals surface area contributed by atoms with Gasteiger partial charge in [0.15, 0.2) is 0 Å². The maximum Gasteiger partial charge on any atom is 0.0651 e. The molecule has 1 aliphatic carbocycles. The van der Waals surface area contributed by atoms with Crippen LogP contribution in [0.25, 0.3) is 11.6 Å². The quantitative estimate of drug-likeness (QED) is 0.287. The lowest BCUT2D eigenvalue weighted by Gasteiger charge is -2.14. The molecule has 0 bridgehead atoms. The van der Waals surface area contributed by atoms with Crippen LogP contribution in [0, 0.1) is 5.92 Å². The molecule has 1 aliphatic rings. The van der Waals surface area contributed by atoms with Crippen LogP contribution in [-0.2, 0) is 4.74 Å². The number of hydrogen-bond acceptors (Lipinski definition) is 1. The van der Waals surface area contributed by atoms with Crippen LogP contribution in [0.2, 0.25) is 0 Å². The van der Waals surface area contributed by atoms with Crippen molar-refractivity contribution in [3.63, 3.8) is 0 Å². The standard InChI is InChI=1S/C27H30O/c1-20-21(2)23(4)27(22(20)3)19-28-17-11-16-26(25-14-9-6-10-15-25)18-24-12-7-5-8-13-24/h5-16,18,27H,17,19H2,1-4H3/b16-11+,26-18-. The summed E-state index contributed by atoms with van der Waals surface area (Å²) in [6.45, 7) is 10.3. The molecule has 0 fully saturated rings. The fourth-order valence-corrected chi connectivity index (χ4v) is 3.71. The Kier molecular flexibility index (Phi) is 6.84. The summed E-state index contributed by atoms with van der Waals surface area (Å²) in [5.41, 5.74) is 9.36. The third-order valence-electron chi connectivity index (χ3n) is 5.82. The van der Waals surface area contributed by atoms with E-state index in [2.05, 4.69) is 94.5 Å². The molecule has 0 N–H and O–H groups in total. The molecule has 0 amide bonds. The summed E-state index contributed by atoms with van der Waals surface area (Å²) in [6, 6.07) is 20.9. The summed E-state index contributed by atoms with van der Waals surface area (Å²) in [6.07, 6.45) is 6.50. The van der Waals surface area contributed by atoms with Gasteiger partial charge in [0.1, 0.15) is 0 Å². The molecule has 0 saturated heterocycles. The average Bonchev–Trinajstić information content (AvgIpc) is 2.91. The summed E-state index contributed by atoms with van der Waals surface area (Å²) in [7, 11) is 0. The van der Waals surface area contributed by atoms with Crippen molar-refractivity contribution >= 4 is 11.6 Å². The van der Waals surface area contributed by atoms with E-state index in [1.807, 2.05) is 12.1 Å².